The summed E-state index contributed by atoms with van der Waals surface area (Å²) in [5.74, 6) is -0.292. The number of hydrogen-bond donors (Lipinski definition) is 1. The van der Waals surface area contributed by atoms with E-state index in [1.807, 2.05) is 0 Å². The molecule has 0 heterocycles. The van der Waals surface area contributed by atoms with E-state index in [2.05, 4.69) is 19.9 Å². The number of fused-ring (bicyclic) bond motifs is 5. The molecule has 0 aromatic rings. The lowest BCUT2D eigenvalue weighted by molar-refractivity contribution is -0.155. The third-order valence-corrected chi connectivity index (χ3v) is 8.81. The van der Waals surface area contributed by atoms with Crippen LogP contribution < -0.4 is 0 Å². The first-order valence-corrected chi connectivity index (χ1v) is 11.5. The van der Waals surface area contributed by atoms with Crippen LogP contribution >= 0.6 is 0 Å². The summed E-state index contributed by atoms with van der Waals surface area (Å²) in [7, 11) is 0. The van der Waals surface area contributed by atoms with Crippen molar-refractivity contribution < 1.29 is 29.0 Å². The highest BCUT2D eigenvalue weighted by Crippen LogP contribution is 2.66. The van der Waals surface area contributed by atoms with Gasteiger partial charge >= 0.3 is 17.9 Å². The Hall–Kier alpha value is -2.11. The molecule has 4 rings (SSSR count). The maximum absolute atomic E-state index is 11.8. The van der Waals surface area contributed by atoms with Crippen LogP contribution in [0.2, 0.25) is 0 Å². The second-order valence-corrected chi connectivity index (χ2v) is 10.5. The molecule has 0 bridgehead atoms. The van der Waals surface area contributed by atoms with Gasteiger partial charge in [-0.2, -0.15) is 0 Å². The molecule has 0 aromatic carbocycles. The van der Waals surface area contributed by atoms with Gasteiger partial charge in [-0.15, -0.1) is 0 Å². The van der Waals surface area contributed by atoms with E-state index in [0.29, 0.717) is 24.2 Å². The molecule has 170 valence electrons. The van der Waals surface area contributed by atoms with Gasteiger partial charge in [0, 0.05) is 31.8 Å². The highest BCUT2D eigenvalue weighted by molar-refractivity contribution is 5.81. The zero-order valence-electron chi connectivity index (χ0n) is 19.0. The number of carboxylic acid groups (broad SMARTS) is 1. The molecule has 3 saturated carbocycles. The minimum absolute atomic E-state index is 0.0211. The van der Waals surface area contributed by atoms with Gasteiger partial charge in [-0.05, 0) is 67.3 Å². The van der Waals surface area contributed by atoms with Crippen LogP contribution in [0.5, 0.6) is 0 Å². The maximum Gasteiger partial charge on any atom is 0.328 e. The highest BCUT2D eigenvalue weighted by atomic mass is 16.5. The van der Waals surface area contributed by atoms with E-state index in [0.717, 1.165) is 44.1 Å². The van der Waals surface area contributed by atoms with Gasteiger partial charge in [0.15, 0.2) is 0 Å². The fourth-order valence-electron chi connectivity index (χ4n) is 7.47. The predicted octanol–water partition coefficient (Wildman–Crippen LogP) is 4.43. The Morgan fingerprint density at radius 3 is 2.39 bits per heavy atom. The molecule has 0 radical (unpaired) electrons. The van der Waals surface area contributed by atoms with Crippen LogP contribution in [0, 0.1) is 28.6 Å². The Labute approximate surface area is 184 Å². The molecular weight excluding hydrogens is 396 g/mol. The third-order valence-electron chi connectivity index (χ3n) is 8.81. The van der Waals surface area contributed by atoms with Crippen LogP contribution in [0.3, 0.4) is 0 Å². The van der Waals surface area contributed by atoms with Gasteiger partial charge in [-0.1, -0.05) is 25.5 Å². The molecule has 0 saturated heterocycles. The fourth-order valence-corrected chi connectivity index (χ4v) is 7.47. The quantitative estimate of drug-likeness (QED) is 0.405. The van der Waals surface area contributed by atoms with Crippen LogP contribution in [0.4, 0.5) is 0 Å². The van der Waals surface area contributed by atoms with Gasteiger partial charge < -0.3 is 14.6 Å². The van der Waals surface area contributed by atoms with Gasteiger partial charge in [-0.3, -0.25) is 9.59 Å². The number of carboxylic acids is 1. The summed E-state index contributed by atoms with van der Waals surface area (Å²) >= 11 is 0. The molecule has 0 aliphatic heterocycles. The first-order chi connectivity index (χ1) is 14.5. The van der Waals surface area contributed by atoms with E-state index in [1.165, 1.54) is 25.5 Å². The van der Waals surface area contributed by atoms with E-state index in [1.54, 1.807) is 0 Å². The Kier molecular flexibility index (Phi) is 5.55. The van der Waals surface area contributed by atoms with Crippen LogP contribution in [0.25, 0.3) is 0 Å². The number of carbonyl (C=O) groups is 3. The molecule has 0 unspecified atom stereocenters. The standard InChI is InChI=1S/C25H34O6/c1-14(26)30-18-7-9-24(3)17(13-18)5-6-19-20(24)8-10-25(4)21(19)11-16(12-22(28)29)23(25)31-15(2)27/h5,12,18-21,23H,6-11,13H2,1-4H3,(H,28,29)/b16-12+/t18-,19+,20-,21-,23-,24-,25-/m0/s1. The Morgan fingerprint density at radius 2 is 1.74 bits per heavy atom. The lowest BCUT2D eigenvalue weighted by Gasteiger charge is -2.57. The summed E-state index contributed by atoms with van der Waals surface area (Å²) in [6.07, 6.45) is 9.47. The van der Waals surface area contributed by atoms with Crippen LogP contribution in [0.15, 0.2) is 23.3 Å². The van der Waals surface area contributed by atoms with Crippen molar-refractivity contribution in [1.82, 2.24) is 0 Å². The summed E-state index contributed by atoms with van der Waals surface area (Å²) < 4.78 is 11.2. The van der Waals surface area contributed by atoms with Gasteiger partial charge in [-0.25, -0.2) is 4.79 Å². The van der Waals surface area contributed by atoms with E-state index < -0.39 is 12.1 Å². The molecule has 7 atom stereocenters. The fraction of sp³-hybridized carbons (Fsp3) is 0.720. The summed E-state index contributed by atoms with van der Waals surface area (Å²) in [6.45, 7) is 7.43. The number of esters is 2. The number of aliphatic carboxylic acids is 1. The summed E-state index contributed by atoms with van der Waals surface area (Å²) in [4.78, 5) is 34.7. The lowest BCUT2D eigenvalue weighted by atomic mass is 9.48. The van der Waals surface area contributed by atoms with Crippen LogP contribution in [-0.4, -0.2) is 35.2 Å². The van der Waals surface area contributed by atoms with Gasteiger partial charge in [0.25, 0.3) is 0 Å². The Bertz CT molecular complexity index is 856. The molecule has 6 nitrogen and oxygen atoms in total. The van der Waals surface area contributed by atoms with Crippen molar-refractivity contribution in [3.63, 3.8) is 0 Å². The number of rotatable bonds is 3. The average Bonchev–Trinajstić information content (AvgIpc) is 2.92. The first kappa shape index (κ1) is 22.1. The monoisotopic (exact) mass is 430 g/mol. The highest BCUT2D eigenvalue weighted by Gasteiger charge is 2.61. The van der Waals surface area contributed by atoms with Gasteiger partial charge in [0.05, 0.1) is 0 Å². The number of hydrogen-bond acceptors (Lipinski definition) is 5. The Balaban J connectivity index is 1.64. The third kappa shape index (κ3) is 3.72. The summed E-state index contributed by atoms with van der Waals surface area (Å²) in [5, 5.41) is 9.40. The van der Waals surface area contributed by atoms with E-state index in [4.69, 9.17) is 9.47 Å². The zero-order chi connectivity index (χ0) is 22.6. The maximum atomic E-state index is 11.8. The molecule has 0 spiro atoms. The lowest BCUT2D eigenvalue weighted by Crippen LogP contribution is -2.51. The first-order valence-electron chi connectivity index (χ1n) is 11.5. The topological polar surface area (TPSA) is 89.9 Å². The van der Waals surface area contributed by atoms with Crippen molar-refractivity contribution in [3.05, 3.63) is 23.3 Å². The molecule has 0 aromatic heterocycles. The molecule has 6 heteroatoms. The predicted molar refractivity (Wildman–Crippen MR) is 114 cm³/mol. The Morgan fingerprint density at radius 1 is 1.03 bits per heavy atom. The van der Waals surface area contributed by atoms with Crippen molar-refractivity contribution >= 4 is 17.9 Å². The normalized spacial score (nSPS) is 42.6. The minimum Gasteiger partial charge on any atom is -0.478 e. The van der Waals surface area contributed by atoms with Crippen LogP contribution in [-0.2, 0) is 23.9 Å². The zero-order valence-corrected chi connectivity index (χ0v) is 19.0. The van der Waals surface area contributed by atoms with Crippen molar-refractivity contribution in [3.8, 4) is 0 Å². The molecule has 1 N–H and O–H groups in total. The van der Waals surface area contributed by atoms with Crippen molar-refractivity contribution in [2.24, 2.45) is 28.6 Å². The summed E-state index contributed by atoms with van der Waals surface area (Å²) in [6, 6.07) is 0. The van der Waals surface area contributed by atoms with Crippen LogP contribution in [0.1, 0.15) is 72.6 Å². The number of ether oxygens (including phenoxy) is 2. The smallest absolute Gasteiger partial charge is 0.328 e. The van der Waals surface area contributed by atoms with Crippen molar-refractivity contribution in [1.29, 1.82) is 0 Å². The van der Waals surface area contributed by atoms with E-state index >= 15 is 0 Å². The molecule has 3 fully saturated rings. The SMILES string of the molecule is CC(=O)O[C@H]1CC[C@@]2(C)C(=CC[C@H]3[C@@H]4C/C(=C\C(=O)O)[C@H](OC(C)=O)[C@@]4(C)CC[C@@H]32)C1. The second kappa shape index (κ2) is 7.79. The second-order valence-electron chi connectivity index (χ2n) is 10.5. The van der Waals surface area contributed by atoms with Gasteiger partial charge in [0.1, 0.15) is 12.2 Å². The van der Waals surface area contributed by atoms with Gasteiger partial charge in [0.2, 0.25) is 0 Å². The van der Waals surface area contributed by atoms with E-state index in [-0.39, 0.29) is 28.9 Å². The van der Waals surface area contributed by atoms with Crippen molar-refractivity contribution in [2.45, 2.75) is 84.8 Å². The molecular formula is C25H34O6. The van der Waals surface area contributed by atoms with Crippen molar-refractivity contribution in [2.75, 3.05) is 0 Å². The largest absolute Gasteiger partial charge is 0.478 e. The molecule has 31 heavy (non-hydrogen) atoms. The average molecular weight is 431 g/mol. The number of allylic oxidation sites excluding steroid dienone is 1. The summed E-state index contributed by atoms with van der Waals surface area (Å²) in [5.41, 5.74) is 2.03. The molecule has 0 amide bonds. The molecule has 4 aliphatic carbocycles. The number of carbonyl (C=O) groups excluding carboxylic acids is 2. The molecule has 4 aliphatic rings. The van der Waals surface area contributed by atoms with E-state index in [9.17, 15) is 19.5 Å². The minimum atomic E-state index is -0.979.